The Balaban J connectivity index is 1.63. The van der Waals surface area contributed by atoms with Gasteiger partial charge in [0.1, 0.15) is 5.75 Å². The fraction of sp³-hybridized carbons (Fsp3) is 0.348. The number of hydrogen-bond donors (Lipinski definition) is 0. The van der Waals surface area contributed by atoms with Crippen LogP contribution in [0.3, 0.4) is 0 Å². The molecule has 0 amide bonds. The van der Waals surface area contributed by atoms with E-state index < -0.39 is 0 Å². The van der Waals surface area contributed by atoms with Gasteiger partial charge in [-0.2, -0.15) is 0 Å². The Morgan fingerprint density at radius 2 is 1.94 bits per heavy atom. The second-order valence-corrected chi connectivity index (χ2v) is 8.21. The average Bonchev–Trinajstić information content (AvgIpc) is 3.08. The van der Waals surface area contributed by atoms with Crippen LogP contribution in [0, 0.1) is 0 Å². The minimum Gasteiger partial charge on any atom is -0.495 e. The molecule has 1 aliphatic carbocycles. The highest BCUT2D eigenvalue weighted by Crippen LogP contribution is 2.39. The monoisotopic (exact) mass is 439 g/mol. The van der Waals surface area contributed by atoms with Gasteiger partial charge in [-0.05, 0) is 24.6 Å². The molecule has 1 fully saturated rings. The van der Waals surface area contributed by atoms with Crippen molar-refractivity contribution in [3.8, 4) is 17.1 Å². The Morgan fingerprint density at radius 3 is 2.71 bits per heavy atom. The summed E-state index contributed by atoms with van der Waals surface area (Å²) in [6.07, 6.45) is 2.36. The molecule has 160 valence electrons. The predicted molar refractivity (Wildman–Crippen MR) is 118 cm³/mol. The highest BCUT2D eigenvalue weighted by Gasteiger charge is 2.34. The van der Waals surface area contributed by atoms with Gasteiger partial charge in [-0.1, -0.05) is 17.7 Å². The van der Waals surface area contributed by atoms with Crippen molar-refractivity contribution in [2.45, 2.75) is 13.0 Å². The number of carbonyl (C=O) groups is 1. The van der Waals surface area contributed by atoms with Crippen molar-refractivity contribution in [1.82, 2.24) is 14.5 Å². The normalized spacial score (nSPS) is 15.9. The number of hydrogen-bond acceptors (Lipinski definition) is 6. The minimum atomic E-state index is -0.156. The summed E-state index contributed by atoms with van der Waals surface area (Å²) in [5.41, 5.74) is 1.92. The van der Waals surface area contributed by atoms with Gasteiger partial charge in [0.15, 0.2) is 5.78 Å². The quantitative estimate of drug-likeness (QED) is 0.476. The third-order valence-electron chi connectivity index (χ3n) is 5.99. The number of methoxy groups -OCH3 is 1. The van der Waals surface area contributed by atoms with Gasteiger partial charge in [0, 0.05) is 42.0 Å². The van der Waals surface area contributed by atoms with Crippen molar-refractivity contribution < 1.29 is 14.3 Å². The summed E-state index contributed by atoms with van der Waals surface area (Å²) < 4.78 is 12.4. The molecule has 1 aromatic carbocycles. The summed E-state index contributed by atoms with van der Waals surface area (Å²) in [5, 5.41) is 1.52. The van der Waals surface area contributed by atoms with Crippen LogP contribution >= 0.6 is 11.6 Å². The Morgan fingerprint density at radius 1 is 1.13 bits per heavy atom. The molecule has 7 nitrogen and oxygen atoms in total. The van der Waals surface area contributed by atoms with Crippen LogP contribution < -0.4 is 10.3 Å². The second kappa shape index (κ2) is 8.07. The predicted octanol–water partition coefficient (Wildman–Crippen LogP) is 2.99. The molecule has 0 bridgehead atoms. The average molecular weight is 440 g/mol. The van der Waals surface area contributed by atoms with E-state index in [-0.39, 0.29) is 11.3 Å². The Labute approximate surface area is 184 Å². The molecule has 0 unspecified atom stereocenters. The van der Waals surface area contributed by atoms with Gasteiger partial charge >= 0.3 is 0 Å². The molecule has 0 atom stereocenters. The molecule has 3 heterocycles. The maximum absolute atomic E-state index is 13.5. The Hall–Kier alpha value is -2.74. The molecule has 0 spiro atoms. The van der Waals surface area contributed by atoms with E-state index in [1.807, 2.05) is 0 Å². The SMILES string of the molecule is COc1cnc2c(c1)C(=O)c1c-2n(CCCN2CCOCC2)c(=O)c2cc(Cl)ccc12. The molecule has 31 heavy (non-hydrogen) atoms. The van der Waals surface area contributed by atoms with Crippen molar-refractivity contribution in [2.75, 3.05) is 40.0 Å². The fourth-order valence-corrected chi connectivity index (χ4v) is 4.61. The summed E-state index contributed by atoms with van der Waals surface area (Å²) in [6.45, 7) is 4.59. The first-order chi connectivity index (χ1) is 15.1. The number of halogens is 1. The van der Waals surface area contributed by atoms with E-state index in [1.54, 1.807) is 35.0 Å². The second-order valence-electron chi connectivity index (χ2n) is 7.78. The molecule has 1 aliphatic heterocycles. The van der Waals surface area contributed by atoms with Crippen LogP contribution in [0.2, 0.25) is 5.02 Å². The van der Waals surface area contributed by atoms with Crippen molar-refractivity contribution in [2.24, 2.45) is 0 Å². The number of morpholine rings is 1. The van der Waals surface area contributed by atoms with E-state index in [2.05, 4.69) is 9.88 Å². The third-order valence-corrected chi connectivity index (χ3v) is 6.22. The van der Waals surface area contributed by atoms with E-state index in [0.717, 1.165) is 39.3 Å². The number of carbonyl (C=O) groups excluding carboxylic acids is 1. The molecular weight excluding hydrogens is 418 g/mol. The van der Waals surface area contributed by atoms with Crippen molar-refractivity contribution in [1.29, 1.82) is 0 Å². The number of nitrogens with zero attached hydrogens (tertiary/aromatic N) is 3. The number of benzene rings is 1. The summed E-state index contributed by atoms with van der Waals surface area (Å²) in [7, 11) is 1.54. The highest BCUT2D eigenvalue weighted by molar-refractivity contribution is 6.32. The zero-order valence-electron chi connectivity index (χ0n) is 17.2. The van der Waals surface area contributed by atoms with Crippen molar-refractivity contribution in [3.63, 3.8) is 0 Å². The number of ether oxygens (including phenoxy) is 2. The topological polar surface area (TPSA) is 73.7 Å². The number of aromatic nitrogens is 2. The molecule has 2 aromatic heterocycles. The highest BCUT2D eigenvalue weighted by atomic mass is 35.5. The van der Waals surface area contributed by atoms with Crippen LogP contribution in [-0.4, -0.2) is 60.2 Å². The summed E-state index contributed by atoms with van der Waals surface area (Å²) in [5.74, 6) is 0.360. The molecule has 1 saturated heterocycles. The molecule has 3 aromatic rings. The van der Waals surface area contributed by atoms with Gasteiger partial charge in [0.2, 0.25) is 0 Å². The van der Waals surface area contributed by atoms with Gasteiger partial charge in [0.05, 0.1) is 49.0 Å². The fourth-order valence-electron chi connectivity index (χ4n) is 4.44. The molecule has 5 rings (SSSR count). The Kier molecular flexibility index (Phi) is 5.25. The zero-order chi connectivity index (χ0) is 21.5. The van der Waals surface area contributed by atoms with Gasteiger partial charge in [-0.15, -0.1) is 0 Å². The van der Waals surface area contributed by atoms with Gasteiger partial charge in [0.25, 0.3) is 5.56 Å². The van der Waals surface area contributed by atoms with Crippen LogP contribution in [0.15, 0.2) is 35.3 Å². The maximum Gasteiger partial charge on any atom is 0.259 e. The van der Waals surface area contributed by atoms with Gasteiger partial charge in [-0.25, -0.2) is 0 Å². The third kappa shape index (κ3) is 3.43. The van der Waals surface area contributed by atoms with Crippen LogP contribution in [0.25, 0.3) is 22.2 Å². The van der Waals surface area contributed by atoms with Crippen molar-refractivity contribution in [3.05, 3.63) is 57.0 Å². The first-order valence-electron chi connectivity index (χ1n) is 10.3. The Bertz CT molecular complexity index is 1250. The van der Waals surface area contributed by atoms with E-state index in [4.69, 9.17) is 21.1 Å². The van der Waals surface area contributed by atoms with Crippen LogP contribution in [0.5, 0.6) is 5.75 Å². The largest absolute Gasteiger partial charge is 0.495 e. The van der Waals surface area contributed by atoms with E-state index >= 15 is 0 Å². The number of ketones is 1. The number of fused-ring (bicyclic) bond motifs is 5. The van der Waals surface area contributed by atoms with Crippen LogP contribution in [-0.2, 0) is 11.3 Å². The zero-order valence-corrected chi connectivity index (χ0v) is 17.9. The van der Waals surface area contributed by atoms with E-state index in [1.165, 1.54) is 7.11 Å². The number of rotatable bonds is 5. The summed E-state index contributed by atoms with van der Waals surface area (Å²) >= 11 is 6.18. The van der Waals surface area contributed by atoms with Gasteiger partial charge < -0.3 is 14.0 Å². The van der Waals surface area contributed by atoms with Crippen LogP contribution in [0.1, 0.15) is 22.3 Å². The first-order valence-corrected chi connectivity index (χ1v) is 10.7. The lowest BCUT2D eigenvalue weighted by Gasteiger charge is -2.26. The summed E-state index contributed by atoms with van der Waals surface area (Å²) in [6, 6.07) is 6.78. The van der Waals surface area contributed by atoms with Crippen LogP contribution in [0.4, 0.5) is 0 Å². The lowest BCUT2D eigenvalue weighted by Crippen LogP contribution is -2.37. The lowest BCUT2D eigenvalue weighted by molar-refractivity contribution is 0.0369. The number of pyridine rings is 2. The minimum absolute atomic E-state index is 0.148. The smallest absolute Gasteiger partial charge is 0.259 e. The summed E-state index contributed by atoms with van der Waals surface area (Å²) in [4.78, 5) is 33.7. The molecule has 0 N–H and O–H groups in total. The molecule has 8 heteroatoms. The van der Waals surface area contributed by atoms with Gasteiger partial charge in [-0.3, -0.25) is 19.5 Å². The van der Waals surface area contributed by atoms with Crippen molar-refractivity contribution >= 4 is 28.2 Å². The molecule has 0 saturated carbocycles. The van der Waals surface area contributed by atoms with E-state index in [9.17, 15) is 9.59 Å². The lowest BCUT2D eigenvalue weighted by atomic mass is 10.0. The van der Waals surface area contributed by atoms with E-state index in [0.29, 0.717) is 50.6 Å². The standard InChI is InChI=1S/C23H22ClN3O4/c1-30-15-12-18-20(25-13-15)21-19(22(18)28)16-4-3-14(24)11-17(16)23(29)27(21)6-2-5-26-7-9-31-10-8-26/h3-4,11-13H,2,5-10H2,1H3. The molecule has 2 aliphatic rings. The maximum atomic E-state index is 13.5. The molecule has 0 radical (unpaired) electrons. The molecular formula is C23H22ClN3O4. The first kappa shape index (κ1) is 20.2.